The molecule has 3 heteroatoms. The smallest absolute Gasteiger partial charge is 0.318 e. The molecule has 0 fully saturated rings. The van der Waals surface area contributed by atoms with E-state index in [2.05, 4.69) is 12.6 Å². The van der Waals surface area contributed by atoms with Gasteiger partial charge in [-0.25, -0.2) is 0 Å². The molecular weight excluding hydrogens is 136 g/mol. The van der Waals surface area contributed by atoms with Gasteiger partial charge in [-0.1, -0.05) is 6.92 Å². The third-order valence-electron chi connectivity index (χ3n) is 0.790. The van der Waals surface area contributed by atoms with E-state index in [1.807, 2.05) is 6.92 Å². The van der Waals surface area contributed by atoms with Crippen LogP contribution in [0.3, 0.4) is 0 Å². The van der Waals surface area contributed by atoms with Crippen molar-refractivity contribution in [2.45, 2.75) is 25.5 Å². The minimum absolute atomic E-state index is 0.236. The van der Waals surface area contributed by atoms with E-state index in [4.69, 9.17) is 4.74 Å². The summed E-state index contributed by atoms with van der Waals surface area (Å²) in [5, 5.41) is -0.295. The summed E-state index contributed by atoms with van der Waals surface area (Å²) in [5.74, 6) is -0.236. The van der Waals surface area contributed by atoms with Crippen LogP contribution >= 0.6 is 12.6 Å². The average Bonchev–Trinajstić information content (AvgIpc) is 1.82. The zero-order valence-corrected chi connectivity index (χ0v) is 6.65. The number of hydrogen-bond acceptors (Lipinski definition) is 3. The molecule has 1 atom stereocenters. The maximum atomic E-state index is 10.6. The molecule has 54 valence electrons. The van der Waals surface area contributed by atoms with Crippen LogP contribution in [-0.4, -0.2) is 17.8 Å². The Kier molecular flexibility index (Phi) is 4.58. The Labute approximate surface area is 61.0 Å². The molecular formula is C6H12O2S. The van der Waals surface area contributed by atoms with E-state index in [1.54, 1.807) is 6.92 Å². The zero-order valence-electron chi connectivity index (χ0n) is 5.76. The van der Waals surface area contributed by atoms with Crippen molar-refractivity contribution in [3.63, 3.8) is 0 Å². The zero-order chi connectivity index (χ0) is 7.28. The molecule has 0 aromatic carbocycles. The fraction of sp³-hybridized carbons (Fsp3) is 0.833. The van der Waals surface area contributed by atoms with Crippen LogP contribution in [0.1, 0.15) is 20.3 Å². The highest BCUT2D eigenvalue weighted by molar-refractivity contribution is 7.81. The van der Waals surface area contributed by atoms with Crippen molar-refractivity contribution >= 4 is 18.6 Å². The van der Waals surface area contributed by atoms with E-state index in [9.17, 15) is 4.79 Å². The summed E-state index contributed by atoms with van der Waals surface area (Å²) in [4.78, 5) is 10.6. The second-order valence-corrected chi connectivity index (χ2v) is 2.62. The number of thiol groups is 1. The van der Waals surface area contributed by atoms with Crippen molar-refractivity contribution in [2.24, 2.45) is 0 Å². The molecule has 0 aromatic heterocycles. The van der Waals surface area contributed by atoms with Gasteiger partial charge in [-0.2, -0.15) is 12.6 Å². The van der Waals surface area contributed by atoms with Crippen molar-refractivity contribution in [1.82, 2.24) is 0 Å². The minimum atomic E-state index is -0.295. The Balaban J connectivity index is 3.28. The lowest BCUT2D eigenvalue weighted by molar-refractivity contribution is -0.142. The number of carbonyl (C=O) groups excluding carboxylic acids is 1. The van der Waals surface area contributed by atoms with Crippen LogP contribution in [0, 0.1) is 0 Å². The molecule has 0 aliphatic rings. The van der Waals surface area contributed by atoms with Crippen LogP contribution in [0.5, 0.6) is 0 Å². The Hall–Kier alpha value is -0.180. The van der Waals surface area contributed by atoms with Crippen LogP contribution in [-0.2, 0) is 9.53 Å². The Bertz CT molecular complexity index is 91.1. The average molecular weight is 148 g/mol. The van der Waals surface area contributed by atoms with Crippen molar-refractivity contribution in [3.8, 4) is 0 Å². The third-order valence-corrected chi connectivity index (χ3v) is 1.00. The van der Waals surface area contributed by atoms with Gasteiger partial charge in [0.2, 0.25) is 0 Å². The topological polar surface area (TPSA) is 26.3 Å². The van der Waals surface area contributed by atoms with Crippen LogP contribution in [0.25, 0.3) is 0 Å². The number of esters is 1. The summed E-state index contributed by atoms with van der Waals surface area (Å²) in [7, 11) is 0. The molecule has 0 aromatic rings. The largest absolute Gasteiger partial charge is 0.465 e. The fourth-order valence-corrected chi connectivity index (χ4v) is 0.398. The lowest BCUT2D eigenvalue weighted by Crippen LogP contribution is -2.14. The van der Waals surface area contributed by atoms with Crippen LogP contribution < -0.4 is 0 Å². The molecule has 2 nitrogen and oxygen atoms in total. The van der Waals surface area contributed by atoms with E-state index in [1.165, 1.54) is 0 Å². The van der Waals surface area contributed by atoms with Crippen molar-refractivity contribution in [2.75, 3.05) is 6.61 Å². The van der Waals surface area contributed by atoms with E-state index < -0.39 is 0 Å². The summed E-state index contributed by atoms with van der Waals surface area (Å²) < 4.78 is 4.74. The number of rotatable bonds is 3. The Morgan fingerprint density at radius 1 is 1.78 bits per heavy atom. The molecule has 0 spiro atoms. The van der Waals surface area contributed by atoms with Gasteiger partial charge >= 0.3 is 5.97 Å². The summed E-state index contributed by atoms with van der Waals surface area (Å²) in [6.07, 6.45) is 0.867. The maximum absolute atomic E-state index is 10.6. The van der Waals surface area contributed by atoms with Gasteiger partial charge in [0, 0.05) is 0 Å². The first-order valence-electron chi connectivity index (χ1n) is 3.03. The van der Waals surface area contributed by atoms with Gasteiger partial charge in [0.05, 0.1) is 11.9 Å². The highest BCUT2D eigenvalue weighted by Gasteiger charge is 2.06. The highest BCUT2D eigenvalue weighted by Crippen LogP contribution is 1.95. The lowest BCUT2D eigenvalue weighted by Gasteiger charge is -2.03. The van der Waals surface area contributed by atoms with E-state index >= 15 is 0 Å². The van der Waals surface area contributed by atoms with Gasteiger partial charge < -0.3 is 4.74 Å². The van der Waals surface area contributed by atoms with E-state index in [0.29, 0.717) is 6.61 Å². The van der Waals surface area contributed by atoms with Crippen molar-refractivity contribution in [1.29, 1.82) is 0 Å². The van der Waals surface area contributed by atoms with Gasteiger partial charge in [0.1, 0.15) is 0 Å². The first-order chi connectivity index (χ1) is 4.18. The lowest BCUT2D eigenvalue weighted by atomic mass is 10.5. The molecule has 0 unspecified atom stereocenters. The monoisotopic (exact) mass is 148 g/mol. The Morgan fingerprint density at radius 3 is 2.67 bits per heavy atom. The fourth-order valence-electron chi connectivity index (χ4n) is 0.323. The minimum Gasteiger partial charge on any atom is -0.465 e. The first-order valence-corrected chi connectivity index (χ1v) is 3.54. The molecule has 0 rings (SSSR count). The molecule has 9 heavy (non-hydrogen) atoms. The van der Waals surface area contributed by atoms with Gasteiger partial charge in [-0.05, 0) is 13.3 Å². The quantitative estimate of drug-likeness (QED) is 0.481. The van der Waals surface area contributed by atoms with Crippen LogP contribution in [0.15, 0.2) is 0 Å². The first kappa shape index (κ1) is 8.82. The number of carbonyl (C=O) groups is 1. The van der Waals surface area contributed by atoms with Crippen LogP contribution in [0.2, 0.25) is 0 Å². The van der Waals surface area contributed by atoms with Gasteiger partial charge in [0.25, 0.3) is 0 Å². The Morgan fingerprint density at radius 2 is 2.33 bits per heavy atom. The third kappa shape index (κ3) is 4.33. The SMILES string of the molecule is CCCOC(=O)[C@H](C)S. The molecule has 0 N–H and O–H groups in total. The van der Waals surface area contributed by atoms with E-state index in [-0.39, 0.29) is 11.2 Å². The number of ether oxygens (including phenoxy) is 1. The molecule has 0 bridgehead atoms. The van der Waals surface area contributed by atoms with Crippen LogP contribution in [0.4, 0.5) is 0 Å². The van der Waals surface area contributed by atoms with Crippen molar-refractivity contribution in [3.05, 3.63) is 0 Å². The number of hydrogen-bond donors (Lipinski definition) is 1. The van der Waals surface area contributed by atoms with Crippen molar-refractivity contribution < 1.29 is 9.53 Å². The second kappa shape index (κ2) is 4.68. The summed E-state index contributed by atoms with van der Waals surface area (Å²) >= 11 is 3.89. The molecule has 0 saturated heterocycles. The predicted molar refractivity (Wildman–Crippen MR) is 39.7 cm³/mol. The summed E-state index contributed by atoms with van der Waals surface area (Å²) in [6, 6.07) is 0. The highest BCUT2D eigenvalue weighted by atomic mass is 32.1. The normalized spacial score (nSPS) is 12.8. The molecule has 0 amide bonds. The van der Waals surface area contributed by atoms with Gasteiger partial charge in [-0.3, -0.25) is 4.79 Å². The molecule has 0 radical (unpaired) electrons. The standard InChI is InChI=1S/C6H12O2S/c1-3-4-8-6(7)5(2)9/h5,9H,3-4H2,1-2H3/t5-/m0/s1. The maximum Gasteiger partial charge on any atom is 0.318 e. The van der Waals surface area contributed by atoms with E-state index in [0.717, 1.165) is 6.42 Å². The second-order valence-electron chi connectivity index (χ2n) is 1.84. The molecule has 0 heterocycles. The van der Waals surface area contributed by atoms with Gasteiger partial charge in [-0.15, -0.1) is 0 Å². The summed E-state index contributed by atoms with van der Waals surface area (Å²) in [5.41, 5.74) is 0. The molecule has 0 aliphatic heterocycles. The molecule has 0 saturated carbocycles. The summed E-state index contributed by atoms with van der Waals surface area (Å²) in [6.45, 7) is 4.15. The molecule has 0 aliphatic carbocycles. The van der Waals surface area contributed by atoms with Gasteiger partial charge in [0.15, 0.2) is 0 Å². The predicted octanol–water partition coefficient (Wildman–Crippen LogP) is 1.26.